The van der Waals surface area contributed by atoms with Crippen molar-refractivity contribution in [3.63, 3.8) is 0 Å². The van der Waals surface area contributed by atoms with Crippen molar-refractivity contribution >= 4 is 29.0 Å². The molecule has 0 unspecified atom stereocenters. The van der Waals surface area contributed by atoms with Crippen LogP contribution < -0.4 is 5.32 Å². The third kappa shape index (κ3) is 3.45. The Morgan fingerprint density at radius 2 is 1.69 bits per heavy atom. The molecule has 1 aromatic heterocycles. The summed E-state index contributed by atoms with van der Waals surface area (Å²) >= 11 is 0.910. The van der Waals surface area contributed by atoms with Gasteiger partial charge in [0.05, 0.1) is 17.1 Å². The second-order valence-electron chi connectivity index (χ2n) is 5.83. The minimum atomic E-state index is -0.366. The van der Waals surface area contributed by atoms with Crippen LogP contribution in [0.4, 0.5) is 4.79 Å². The van der Waals surface area contributed by atoms with Crippen molar-refractivity contribution < 1.29 is 9.59 Å². The number of nitrogens with one attached hydrogen (secondary N) is 1. The van der Waals surface area contributed by atoms with Gasteiger partial charge in [0.25, 0.3) is 11.1 Å². The molecule has 1 fully saturated rings. The molecule has 1 saturated heterocycles. The topological polar surface area (TPSA) is 64.0 Å². The fraction of sp³-hybridized carbons (Fsp3) is 0.0500. The molecule has 2 heterocycles. The van der Waals surface area contributed by atoms with Crippen molar-refractivity contribution in [3.05, 3.63) is 82.9 Å². The first kappa shape index (κ1) is 16.4. The largest absolute Gasteiger partial charge is 0.290 e. The third-order valence-electron chi connectivity index (χ3n) is 3.95. The molecular weight excluding hydrogens is 346 g/mol. The number of nitrogens with zero attached hydrogens (tertiary/aromatic N) is 2. The predicted octanol–water partition coefficient (Wildman–Crippen LogP) is 3.92. The number of amides is 2. The van der Waals surface area contributed by atoms with E-state index in [-0.39, 0.29) is 11.1 Å². The number of carbonyl (C=O) groups is 2. The van der Waals surface area contributed by atoms with Crippen molar-refractivity contribution in [2.24, 2.45) is 0 Å². The fourth-order valence-electron chi connectivity index (χ4n) is 2.78. The predicted molar refractivity (Wildman–Crippen MR) is 102 cm³/mol. The number of aromatic nitrogens is 2. The number of rotatable bonds is 4. The van der Waals surface area contributed by atoms with E-state index in [1.54, 1.807) is 6.08 Å². The van der Waals surface area contributed by atoms with Gasteiger partial charge in [-0.05, 0) is 23.4 Å². The Morgan fingerprint density at radius 3 is 2.35 bits per heavy atom. The van der Waals surface area contributed by atoms with Gasteiger partial charge in [0.15, 0.2) is 0 Å². The molecule has 0 atom stereocenters. The Balaban J connectivity index is 1.75. The van der Waals surface area contributed by atoms with Gasteiger partial charge in [-0.2, -0.15) is 5.10 Å². The Labute approximate surface area is 154 Å². The smallest absolute Gasteiger partial charge is 0.282 e. The van der Waals surface area contributed by atoms with E-state index < -0.39 is 0 Å². The number of hydrogen-bond donors (Lipinski definition) is 1. The SMILES string of the molecule is O=C1NC(=O)/C(=C\c2cn(Cc3ccccc3)nc2-c2ccccc2)S1. The molecule has 128 valence electrons. The summed E-state index contributed by atoms with van der Waals surface area (Å²) in [4.78, 5) is 23.7. The van der Waals surface area contributed by atoms with Crippen LogP contribution in [0.2, 0.25) is 0 Å². The summed E-state index contributed by atoms with van der Waals surface area (Å²) < 4.78 is 1.85. The Hall–Kier alpha value is -3.12. The molecule has 4 rings (SSSR count). The van der Waals surface area contributed by atoms with Crippen LogP contribution in [-0.2, 0) is 11.3 Å². The molecular formula is C20H15N3O2S. The molecule has 5 nitrogen and oxygen atoms in total. The van der Waals surface area contributed by atoms with E-state index >= 15 is 0 Å². The number of carbonyl (C=O) groups excluding carboxylic acids is 2. The van der Waals surface area contributed by atoms with E-state index in [1.165, 1.54) is 0 Å². The summed E-state index contributed by atoms with van der Waals surface area (Å²) in [7, 11) is 0. The maximum absolute atomic E-state index is 11.9. The van der Waals surface area contributed by atoms with Gasteiger partial charge in [0.2, 0.25) is 0 Å². The molecule has 26 heavy (non-hydrogen) atoms. The normalized spacial score (nSPS) is 15.5. The van der Waals surface area contributed by atoms with Crippen molar-refractivity contribution in [3.8, 4) is 11.3 Å². The Kier molecular flexibility index (Phi) is 4.41. The first-order valence-corrected chi connectivity index (χ1v) is 8.92. The van der Waals surface area contributed by atoms with Gasteiger partial charge < -0.3 is 0 Å². The first-order valence-electron chi connectivity index (χ1n) is 8.11. The van der Waals surface area contributed by atoms with Crippen molar-refractivity contribution in [1.29, 1.82) is 0 Å². The Morgan fingerprint density at radius 1 is 1.00 bits per heavy atom. The quantitative estimate of drug-likeness (QED) is 0.716. The monoisotopic (exact) mass is 361 g/mol. The summed E-state index contributed by atoms with van der Waals surface area (Å²) in [6, 6.07) is 19.8. The first-order chi connectivity index (χ1) is 12.7. The van der Waals surface area contributed by atoms with E-state index in [4.69, 9.17) is 5.10 Å². The summed E-state index contributed by atoms with van der Waals surface area (Å²) in [5, 5.41) is 6.64. The van der Waals surface area contributed by atoms with Crippen molar-refractivity contribution in [2.75, 3.05) is 0 Å². The van der Waals surface area contributed by atoms with Gasteiger partial charge in [-0.15, -0.1) is 0 Å². The zero-order valence-corrected chi connectivity index (χ0v) is 14.6. The summed E-state index contributed by atoms with van der Waals surface area (Å²) in [6.45, 7) is 0.627. The van der Waals surface area contributed by atoms with Crippen LogP contribution in [0.15, 0.2) is 71.8 Å². The molecule has 2 amide bonds. The van der Waals surface area contributed by atoms with Gasteiger partial charge in [0, 0.05) is 17.3 Å². The van der Waals surface area contributed by atoms with Crippen LogP contribution in [0.25, 0.3) is 17.3 Å². The molecule has 0 saturated carbocycles. The van der Waals surface area contributed by atoms with E-state index in [9.17, 15) is 9.59 Å². The van der Waals surface area contributed by atoms with E-state index in [2.05, 4.69) is 5.32 Å². The molecule has 6 heteroatoms. The average molecular weight is 361 g/mol. The average Bonchev–Trinajstić information content (AvgIpc) is 3.19. The molecule has 0 aliphatic carbocycles. The lowest BCUT2D eigenvalue weighted by atomic mass is 10.1. The highest BCUT2D eigenvalue weighted by atomic mass is 32.2. The maximum atomic E-state index is 11.9. The second kappa shape index (κ2) is 7.01. The number of thioether (sulfide) groups is 1. The maximum Gasteiger partial charge on any atom is 0.290 e. The minimum absolute atomic E-state index is 0.348. The van der Waals surface area contributed by atoms with E-state index in [1.807, 2.05) is 71.5 Å². The van der Waals surface area contributed by atoms with Crippen LogP contribution in [0.1, 0.15) is 11.1 Å². The Bertz CT molecular complexity index is 994. The third-order valence-corrected chi connectivity index (χ3v) is 4.76. The van der Waals surface area contributed by atoms with Gasteiger partial charge >= 0.3 is 0 Å². The second-order valence-corrected chi connectivity index (χ2v) is 6.85. The summed E-state index contributed by atoms with van der Waals surface area (Å²) in [6.07, 6.45) is 3.63. The summed E-state index contributed by atoms with van der Waals surface area (Å²) in [5.74, 6) is -0.366. The van der Waals surface area contributed by atoms with Gasteiger partial charge in [0.1, 0.15) is 0 Å². The fourth-order valence-corrected chi connectivity index (χ4v) is 3.45. The van der Waals surface area contributed by atoms with Crippen molar-refractivity contribution in [2.45, 2.75) is 6.54 Å². The number of imide groups is 1. The van der Waals surface area contributed by atoms with Gasteiger partial charge in [-0.25, -0.2) is 0 Å². The number of benzene rings is 2. The van der Waals surface area contributed by atoms with Crippen molar-refractivity contribution in [1.82, 2.24) is 15.1 Å². The molecule has 3 aromatic rings. The molecule has 0 spiro atoms. The lowest BCUT2D eigenvalue weighted by molar-refractivity contribution is -0.115. The highest BCUT2D eigenvalue weighted by molar-refractivity contribution is 8.18. The molecule has 2 aromatic carbocycles. The van der Waals surface area contributed by atoms with Crippen LogP contribution in [0.5, 0.6) is 0 Å². The molecule has 1 aliphatic rings. The van der Waals surface area contributed by atoms with Gasteiger partial charge in [-0.1, -0.05) is 60.7 Å². The van der Waals surface area contributed by atoms with E-state index in [0.717, 1.165) is 34.1 Å². The molecule has 0 bridgehead atoms. The summed E-state index contributed by atoms with van der Waals surface area (Å²) in [5.41, 5.74) is 3.68. The number of hydrogen-bond acceptors (Lipinski definition) is 4. The van der Waals surface area contributed by atoms with Crippen LogP contribution in [-0.4, -0.2) is 20.9 Å². The highest BCUT2D eigenvalue weighted by Crippen LogP contribution is 2.30. The highest BCUT2D eigenvalue weighted by Gasteiger charge is 2.25. The molecule has 1 aliphatic heterocycles. The minimum Gasteiger partial charge on any atom is -0.282 e. The zero-order valence-electron chi connectivity index (χ0n) is 13.8. The van der Waals surface area contributed by atoms with E-state index in [0.29, 0.717) is 11.4 Å². The van der Waals surface area contributed by atoms with Crippen LogP contribution >= 0.6 is 11.8 Å². The van der Waals surface area contributed by atoms with Crippen LogP contribution in [0.3, 0.4) is 0 Å². The van der Waals surface area contributed by atoms with Gasteiger partial charge in [-0.3, -0.25) is 19.6 Å². The zero-order chi connectivity index (χ0) is 17.9. The lowest BCUT2D eigenvalue weighted by Gasteiger charge is -2.01. The molecule has 0 radical (unpaired) electrons. The standard InChI is InChI=1S/C20H15N3O2S/c24-19-17(26-20(25)21-19)11-16-13-23(12-14-7-3-1-4-8-14)22-18(16)15-9-5-2-6-10-15/h1-11,13H,12H2,(H,21,24,25)/b17-11+. The lowest BCUT2D eigenvalue weighted by Crippen LogP contribution is -2.17. The van der Waals surface area contributed by atoms with Crippen LogP contribution in [0, 0.1) is 0 Å². The molecule has 1 N–H and O–H groups in total.